The van der Waals surface area contributed by atoms with Gasteiger partial charge in [-0.25, -0.2) is 0 Å². The number of thiophene rings is 1. The molecule has 1 aliphatic rings. The minimum Gasteiger partial charge on any atom is -0.151 e. The summed E-state index contributed by atoms with van der Waals surface area (Å²) in [5, 5.41) is 4.75. The second-order valence-electron chi connectivity index (χ2n) is 3.64. The van der Waals surface area contributed by atoms with Crippen LogP contribution in [-0.2, 0) is 6.42 Å². The second kappa shape index (κ2) is 4.33. The molecule has 1 aromatic heterocycles. The minimum absolute atomic E-state index is 0.409. The van der Waals surface area contributed by atoms with Crippen LogP contribution in [0, 0.1) is 5.92 Å². The topological polar surface area (TPSA) is 0 Å². The molecule has 0 saturated heterocycles. The zero-order chi connectivity index (χ0) is 9.26. The lowest BCUT2D eigenvalue weighted by atomic mass is 10.1. The molecular weight excluding hydrogens is 268 g/mol. The Bertz CT molecular complexity index is 280. The Labute approximate surface area is 96.4 Å². The second-order valence-corrected chi connectivity index (χ2v) is 5.80. The fourth-order valence-corrected chi connectivity index (χ4v) is 3.37. The summed E-state index contributed by atoms with van der Waals surface area (Å²) in [5.41, 5.74) is 1.41. The molecule has 0 radical (unpaired) electrons. The molecule has 0 bridgehead atoms. The molecule has 13 heavy (non-hydrogen) atoms. The van der Waals surface area contributed by atoms with Crippen LogP contribution >= 0.6 is 38.9 Å². The van der Waals surface area contributed by atoms with Crippen molar-refractivity contribution in [3.8, 4) is 0 Å². The maximum Gasteiger partial charge on any atom is 0.0367 e. The highest BCUT2D eigenvalue weighted by Crippen LogP contribution is 2.38. The zero-order valence-corrected chi connectivity index (χ0v) is 10.5. The Hall–Kier alpha value is 0.470. The largest absolute Gasteiger partial charge is 0.151 e. The summed E-state index contributed by atoms with van der Waals surface area (Å²) < 4.78 is 1.25. The lowest BCUT2D eigenvalue weighted by Crippen LogP contribution is -2.02. The average Bonchev–Trinajstić information content (AvgIpc) is 2.88. The molecular formula is C10H12BrClS. The van der Waals surface area contributed by atoms with E-state index in [-0.39, 0.29) is 0 Å². The third-order valence-electron chi connectivity index (χ3n) is 2.51. The van der Waals surface area contributed by atoms with Crippen molar-refractivity contribution < 1.29 is 0 Å². The average molecular weight is 280 g/mol. The Balaban J connectivity index is 1.81. The molecule has 1 aromatic rings. The van der Waals surface area contributed by atoms with Crippen molar-refractivity contribution in [2.75, 3.05) is 0 Å². The molecule has 0 N–H and O–H groups in total. The SMILES string of the molecule is ClC(CCc1cscc1Br)C1CC1. The highest BCUT2D eigenvalue weighted by atomic mass is 79.9. The van der Waals surface area contributed by atoms with Crippen molar-refractivity contribution >= 4 is 38.9 Å². The number of hydrogen-bond donors (Lipinski definition) is 0. The van der Waals surface area contributed by atoms with E-state index in [1.807, 2.05) is 0 Å². The summed E-state index contributed by atoms with van der Waals surface area (Å²) in [6.45, 7) is 0. The van der Waals surface area contributed by atoms with Gasteiger partial charge >= 0.3 is 0 Å². The van der Waals surface area contributed by atoms with Crippen LogP contribution in [0.2, 0.25) is 0 Å². The van der Waals surface area contributed by atoms with E-state index in [0.717, 1.165) is 18.8 Å². The summed E-state index contributed by atoms with van der Waals surface area (Å²) in [6, 6.07) is 0. The van der Waals surface area contributed by atoms with Crippen molar-refractivity contribution in [3.05, 3.63) is 20.8 Å². The van der Waals surface area contributed by atoms with E-state index >= 15 is 0 Å². The first-order valence-corrected chi connectivity index (χ1v) is 6.79. The summed E-state index contributed by atoms with van der Waals surface area (Å²) in [6.07, 6.45) is 4.94. The highest BCUT2D eigenvalue weighted by Gasteiger charge is 2.29. The molecule has 0 nitrogen and oxygen atoms in total. The van der Waals surface area contributed by atoms with Crippen LogP contribution in [0.3, 0.4) is 0 Å². The van der Waals surface area contributed by atoms with Crippen LogP contribution in [0.5, 0.6) is 0 Å². The van der Waals surface area contributed by atoms with Crippen LogP contribution in [0.15, 0.2) is 15.2 Å². The van der Waals surface area contributed by atoms with Crippen molar-refractivity contribution in [3.63, 3.8) is 0 Å². The van der Waals surface area contributed by atoms with E-state index in [0.29, 0.717) is 5.38 Å². The van der Waals surface area contributed by atoms with Gasteiger partial charge < -0.3 is 0 Å². The highest BCUT2D eigenvalue weighted by molar-refractivity contribution is 9.10. The Morgan fingerprint density at radius 1 is 1.54 bits per heavy atom. The van der Waals surface area contributed by atoms with Gasteiger partial charge in [0.1, 0.15) is 0 Å². The summed E-state index contributed by atoms with van der Waals surface area (Å²) in [7, 11) is 0. The van der Waals surface area contributed by atoms with E-state index in [9.17, 15) is 0 Å². The maximum atomic E-state index is 6.24. The summed E-state index contributed by atoms with van der Waals surface area (Å²) in [4.78, 5) is 0. The van der Waals surface area contributed by atoms with E-state index in [1.165, 1.54) is 22.9 Å². The first-order valence-electron chi connectivity index (χ1n) is 4.62. The predicted molar refractivity (Wildman–Crippen MR) is 62.7 cm³/mol. The monoisotopic (exact) mass is 278 g/mol. The van der Waals surface area contributed by atoms with Crippen molar-refractivity contribution in [2.45, 2.75) is 31.1 Å². The Kier molecular flexibility index (Phi) is 3.33. The third kappa shape index (κ3) is 2.71. The van der Waals surface area contributed by atoms with Crippen molar-refractivity contribution in [1.29, 1.82) is 0 Å². The Morgan fingerprint density at radius 3 is 2.85 bits per heavy atom. The zero-order valence-electron chi connectivity index (χ0n) is 7.30. The van der Waals surface area contributed by atoms with Crippen LogP contribution < -0.4 is 0 Å². The normalized spacial score (nSPS) is 18.9. The molecule has 1 aliphatic carbocycles. The quantitative estimate of drug-likeness (QED) is 0.714. The van der Waals surface area contributed by atoms with Gasteiger partial charge in [-0.05, 0) is 58.5 Å². The number of halogens is 2. The smallest absolute Gasteiger partial charge is 0.0367 e. The van der Waals surface area contributed by atoms with Gasteiger partial charge in [0.15, 0.2) is 0 Å². The first-order chi connectivity index (χ1) is 6.27. The number of aryl methyl sites for hydroxylation is 1. The predicted octanol–water partition coefficient (Wildman–Crippen LogP) is 4.46. The van der Waals surface area contributed by atoms with Gasteiger partial charge in [-0.3, -0.25) is 0 Å². The van der Waals surface area contributed by atoms with Gasteiger partial charge in [-0.2, -0.15) is 11.3 Å². The van der Waals surface area contributed by atoms with Crippen molar-refractivity contribution in [2.24, 2.45) is 5.92 Å². The molecule has 0 spiro atoms. The lowest BCUT2D eigenvalue weighted by Gasteiger charge is -2.06. The van der Waals surface area contributed by atoms with Gasteiger partial charge in [0, 0.05) is 15.2 Å². The third-order valence-corrected chi connectivity index (χ3v) is 4.92. The van der Waals surface area contributed by atoms with Crippen LogP contribution in [-0.4, -0.2) is 5.38 Å². The molecule has 1 saturated carbocycles. The van der Waals surface area contributed by atoms with Crippen molar-refractivity contribution in [1.82, 2.24) is 0 Å². The fourth-order valence-electron chi connectivity index (χ4n) is 1.47. The minimum atomic E-state index is 0.409. The van der Waals surface area contributed by atoms with Gasteiger partial charge in [0.2, 0.25) is 0 Å². The molecule has 3 heteroatoms. The van der Waals surface area contributed by atoms with Gasteiger partial charge in [-0.15, -0.1) is 11.6 Å². The van der Waals surface area contributed by atoms with E-state index < -0.39 is 0 Å². The van der Waals surface area contributed by atoms with Gasteiger partial charge in [0.25, 0.3) is 0 Å². The molecule has 1 atom stereocenters. The number of alkyl halides is 1. The van der Waals surface area contributed by atoms with E-state index in [2.05, 4.69) is 26.7 Å². The molecule has 0 aromatic carbocycles. The van der Waals surface area contributed by atoms with Gasteiger partial charge in [-0.1, -0.05) is 0 Å². The molecule has 72 valence electrons. The molecule has 2 rings (SSSR count). The van der Waals surface area contributed by atoms with Crippen LogP contribution in [0.4, 0.5) is 0 Å². The molecule has 0 aliphatic heterocycles. The Morgan fingerprint density at radius 2 is 2.31 bits per heavy atom. The summed E-state index contributed by atoms with van der Waals surface area (Å²) in [5.74, 6) is 0.819. The number of hydrogen-bond acceptors (Lipinski definition) is 1. The molecule has 1 heterocycles. The van der Waals surface area contributed by atoms with E-state index in [4.69, 9.17) is 11.6 Å². The molecule has 1 unspecified atom stereocenters. The molecule has 0 amide bonds. The maximum absolute atomic E-state index is 6.24. The van der Waals surface area contributed by atoms with Gasteiger partial charge in [0.05, 0.1) is 0 Å². The standard InChI is InChI=1S/C10H12BrClS/c11-9-6-13-5-8(9)3-4-10(12)7-1-2-7/h5-7,10H,1-4H2. The summed E-state index contributed by atoms with van der Waals surface area (Å²) >= 11 is 11.5. The van der Waals surface area contributed by atoms with Crippen LogP contribution in [0.1, 0.15) is 24.8 Å². The van der Waals surface area contributed by atoms with Crippen LogP contribution in [0.25, 0.3) is 0 Å². The lowest BCUT2D eigenvalue weighted by molar-refractivity contribution is 0.676. The fraction of sp³-hybridized carbons (Fsp3) is 0.600. The number of rotatable bonds is 4. The molecule has 1 fully saturated rings. The van der Waals surface area contributed by atoms with E-state index in [1.54, 1.807) is 11.3 Å². The first kappa shape index (κ1) is 10.0.